The molecule has 2 rings (SSSR count). The summed E-state index contributed by atoms with van der Waals surface area (Å²) in [5.41, 5.74) is 3.06. The molecule has 0 aromatic carbocycles. The van der Waals surface area contributed by atoms with Gasteiger partial charge in [-0.25, -0.2) is 0 Å². The minimum atomic E-state index is -0.0319. The zero-order valence-corrected chi connectivity index (χ0v) is 13.8. The van der Waals surface area contributed by atoms with Gasteiger partial charge in [0.1, 0.15) is 5.69 Å². The molecule has 4 heteroatoms. The van der Waals surface area contributed by atoms with Crippen molar-refractivity contribution in [3.8, 4) is 0 Å². The molecular weight excluding hydrogens is 264 g/mol. The van der Waals surface area contributed by atoms with E-state index in [1.807, 2.05) is 14.0 Å². The summed E-state index contributed by atoms with van der Waals surface area (Å²) in [4.78, 5) is 29.9. The second-order valence-electron chi connectivity index (χ2n) is 7.00. The fraction of sp³-hybridized carbons (Fsp3) is 0.647. The van der Waals surface area contributed by atoms with E-state index in [-0.39, 0.29) is 17.1 Å². The molecule has 1 aliphatic carbocycles. The van der Waals surface area contributed by atoms with Gasteiger partial charge in [-0.2, -0.15) is 0 Å². The molecule has 0 saturated carbocycles. The SMILES string of the molecule is CCCCN(C)C(=O)c1[nH]c2c(c1C)C(=O)CC(C)(C)C2. The maximum atomic E-state index is 12.5. The van der Waals surface area contributed by atoms with Gasteiger partial charge in [-0.15, -0.1) is 0 Å². The third-order valence-corrected chi connectivity index (χ3v) is 4.31. The Kier molecular flexibility index (Phi) is 4.26. The van der Waals surface area contributed by atoms with Crippen LogP contribution in [-0.4, -0.2) is 35.2 Å². The number of amides is 1. The first-order valence-electron chi connectivity index (χ1n) is 7.77. The largest absolute Gasteiger partial charge is 0.354 e. The van der Waals surface area contributed by atoms with Crippen LogP contribution in [0.4, 0.5) is 0 Å². The van der Waals surface area contributed by atoms with Gasteiger partial charge in [0.2, 0.25) is 0 Å². The van der Waals surface area contributed by atoms with Crippen LogP contribution in [0.25, 0.3) is 0 Å². The van der Waals surface area contributed by atoms with Crippen LogP contribution in [0, 0.1) is 12.3 Å². The van der Waals surface area contributed by atoms with Crippen molar-refractivity contribution < 1.29 is 9.59 Å². The van der Waals surface area contributed by atoms with Crippen LogP contribution >= 0.6 is 0 Å². The third kappa shape index (κ3) is 3.04. The first kappa shape index (κ1) is 15.8. The number of Topliss-reactive ketones (excluding diaryl/α,β-unsaturated/α-hetero) is 1. The van der Waals surface area contributed by atoms with Gasteiger partial charge in [0, 0.05) is 31.3 Å². The number of aromatic nitrogens is 1. The Balaban J connectivity index is 2.32. The van der Waals surface area contributed by atoms with Crippen molar-refractivity contribution in [3.63, 3.8) is 0 Å². The average molecular weight is 290 g/mol. The molecule has 0 saturated heterocycles. The van der Waals surface area contributed by atoms with E-state index < -0.39 is 0 Å². The zero-order chi connectivity index (χ0) is 15.8. The summed E-state index contributed by atoms with van der Waals surface area (Å²) in [6.07, 6.45) is 3.43. The molecule has 0 fully saturated rings. The summed E-state index contributed by atoms with van der Waals surface area (Å²) < 4.78 is 0. The number of aromatic amines is 1. The number of hydrogen-bond acceptors (Lipinski definition) is 2. The molecule has 1 amide bonds. The summed E-state index contributed by atoms with van der Waals surface area (Å²) in [6, 6.07) is 0. The molecule has 1 heterocycles. The maximum Gasteiger partial charge on any atom is 0.270 e. The molecule has 1 aromatic heterocycles. The van der Waals surface area contributed by atoms with Gasteiger partial charge in [-0.05, 0) is 30.7 Å². The van der Waals surface area contributed by atoms with Crippen LogP contribution in [0.2, 0.25) is 0 Å². The molecule has 116 valence electrons. The number of H-pyrrole nitrogens is 1. The zero-order valence-electron chi connectivity index (χ0n) is 13.8. The Morgan fingerprint density at radius 3 is 2.62 bits per heavy atom. The highest BCUT2D eigenvalue weighted by atomic mass is 16.2. The Hall–Kier alpha value is -1.58. The summed E-state index contributed by atoms with van der Waals surface area (Å²) in [5, 5.41) is 0. The van der Waals surface area contributed by atoms with Crippen molar-refractivity contribution in [3.05, 3.63) is 22.5 Å². The smallest absolute Gasteiger partial charge is 0.270 e. The molecule has 0 unspecified atom stereocenters. The minimum Gasteiger partial charge on any atom is -0.354 e. The lowest BCUT2D eigenvalue weighted by atomic mass is 9.75. The van der Waals surface area contributed by atoms with Gasteiger partial charge >= 0.3 is 0 Å². The van der Waals surface area contributed by atoms with Crippen LogP contribution in [-0.2, 0) is 6.42 Å². The molecule has 0 aliphatic heterocycles. The highest BCUT2D eigenvalue weighted by molar-refractivity contribution is 6.04. The van der Waals surface area contributed by atoms with Crippen LogP contribution < -0.4 is 0 Å². The minimum absolute atomic E-state index is 0.0130. The molecule has 0 bridgehead atoms. The second kappa shape index (κ2) is 5.66. The van der Waals surface area contributed by atoms with Crippen molar-refractivity contribution in [2.24, 2.45) is 5.41 Å². The Morgan fingerprint density at radius 1 is 1.33 bits per heavy atom. The van der Waals surface area contributed by atoms with E-state index in [9.17, 15) is 9.59 Å². The summed E-state index contributed by atoms with van der Waals surface area (Å²) in [6.45, 7) is 8.93. The van der Waals surface area contributed by atoms with E-state index in [0.29, 0.717) is 12.1 Å². The number of nitrogens with zero attached hydrogens (tertiary/aromatic N) is 1. The molecule has 0 atom stereocenters. The van der Waals surface area contributed by atoms with E-state index >= 15 is 0 Å². The van der Waals surface area contributed by atoms with Gasteiger partial charge < -0.3 is 9.88 Å². The number of carbonyl (C=O) groups is 2. The van der Waals surface area contributed by atoms with Crippen LogP contribution in [0.15, 0.2) is 0 Å². The van der Waals surface area contributed by atoms with Gasteiger partial charge in [-0.3, -0.25) is 9.59 Å². The molecule has 4 nitrogen and oxygen atoms in total. The topological polar surface area (TPSA) is 53.2 Å². The van der Waals surface area contributed by atoms with Gasteiger partial charge in [-0.1, -0.05) is 27.2 Å². The van der Waals surface area contributed by atoms with Gasteiger partial charge in [0.05, 0.1) is 0 Å². The van der Waals surface area contributed by atoms with E-state index in [2.05, 4.69) is 25.8 Å². The van der Waals surface area contributed by atoms with E-state index in [1.54, 1.807) is 4.90 Å². The van der Waals surface area contributed by atoms with Crippen molar-refractivity contribution in [2.75, 3.05) is 13.6 Å². The van der Waals surface area contributed by atoms with Crippen molar-refractivity contribution >= 4 is 11.7 Å². The normalized spacial score (nSPS) is 16.7. The van der Waals surface area contributed by atoms with Crippen molar-refractivity contribution in [2.45, 2.75) is 53.4 Å². The molecule has 1 aliphatic rings. The fourth-order valence-corrected chi connectivity index (χ4v) is 3.13. The van der Waals surface area contributed by atoms with Crippen LogP contribution in [0.3, 0.4) is 0 Å². The predicted molar refractivity (Wildman–Crippen MR) is 83.8 cm³/mol. The Bertz CT molecular complexity index is 570. The molecular formula is C17H26N2O2. The van der Waals surface area contributed by atoms with Crippen molar-refractivity contribution in [1.82, 2.24) is 9.88 Å². The van der Waals surface area contributed by atoms with Crippen LogP contribution in [0.5, 0.6) is 0 Å². The van der Waals surface area contributed by atoms with Crippen LogP contribution in [0.1, 0.15) is 72.1 Å². The predicted octanol–water partition coefficient (Wildman–Crippen LogP) is 3.35. The number of unbranched alkanes of at least 4 members (excludes halogenated alkanes) is 1. The Morgan fingerprint density at radius 2 is 2.00 bits per heavy atom. The lowest BCUT2D eigenvalue weighted by Crippen LogP contribution is -2.28. The molecule has 1 N–H and O–H groups in total. The second-order valence-corrected chi connectivity index (χ2v) is 7.00. The van der Waals surface area contributed by atoms with E-state index in [4.69, 9.17) is 0 Å². The van der Waals surface area contributed by atoms with Gasteiger partial charge in [0.15, 0.2) is 5.78 Å². The summed E-state index contributed by atoms with van der Waals surface area (Å²) >= 11 is 0. The number of ketones is 1. The van der Waals surface area contributed by atoms with E-state index in [1.165, 1.54) is 0 Å². The number of rotatable bonds is 4. The highest BCUT2D eigenvalue weighted by Crippen LogP contribution is 2.36. The quantitative estimate of drug-likeness (QED) is 0.924. The molecule has 21 heavy (non-hydrogen) atoms. The number of fused-ring (bicyclic) bond motifs is 1. The summed E-state index contributed by atoms with van der Waals surface area (Å²) in [7, 11) is 1.82. The first-order valence-corrected chi connectivity index (χ1v) is 7.77. The number of nitrogens with one attached hydrogen (secondary N) is 1. The third-order valence-electron chi connectivity index (χ3n) is 4.31. The monoisotopic (exact) mass is 290 g/mol. The lowest BCUT2D eigenvalue weighted by Gasteiger charge is -2.28. The number of hydrogen-bond donors (Lipinski definition) is 1. The molecule has 0 spiro atoms. The highest BCUT2D eigenvalue weighted by Gasteiger charge is 2.35. The van der Waals surface area contributed by atoms with Crippen molar-refractivity contribution in [1.29, 1.82) is 0 Å². The van der Waals surface area contributed by atoms with Gasteiger partial charge in [0.25, 0.3) is 5.91 Å². The molecule has 1 aromatic rings. The number of carbonyl (C=O) groups excluding carboxylic acids is 2. The molecule has 0 radical (unpaired) electrons. The Labute approximate surface area is 126 Å². The standard InChI is InChI=1S/C17H26N2O2/c1-6-7-8-19(5)16(21)15-11(2)14-12(18-15)9-17(3,4)10-13(14)20/h18H,6-10H2,1-5H3. The fourth-order valence-electron chi connectivity index (χ4n) is 3.13. The average Bonchev–Trinajstić information content (AvgIpc) is 2.70. The maximum absolute atomic E-state index is 12.5. The lowest BCUT2D eigenvalue weighted by molar-refractivity contribution is 0.0787. The van der Waals surface area contributed by atoms with E-state index in [0.717, 1.165) is 42.6 Å². The first-order chi connectivity index (χ1) is 9.76. The summed E-state index contributed by atoms with van der Waals surface area (Å²) in [5.74, 6) is 0.145.